The molecule has 0 saturated carbocycles. The van der Waals surface area contributed by atoms with E-state index in [1.54, 1.807) is 31.2 Å². The average Bonchev–Trinajstić information content (AvgIpc) is 2.72. The number of ether oxygens (including phenoxy) is 1. The molecule has 0 N–H and O–H groups in total. The Hall–Kier alpha value is -2.24. The second-order valence-electron chi connectivity index (χ2n) is 3.97. The van der Waals surface area contributed by atoms with Gasteiger partial charge in [0.05, 0.1) is 13.2 Å². The highest BCUT2D eigenvalue weighted by molar-refractivity contribution is 5.87. The van der Waals surface area contributed by atoms with Crippen molar-refractivity contribution in [3.05, 3.63) is 53.6 Å². The van der Waals surface area contributed by atoms with E-state index >= 15 is 0 Å². The summed E-state index contributed by atoms with van der Waals surface area (Å²) in [6.45, 7) is 1.64. The van der Waals surface area contributed by atoms with Crippen LogP contribution >= 0.6 is 0 Å². The maximum absolute atomic E-state index is 13.7. The quantitative estimate of drug-likeness (QED) is 0.802. The summed E-state index contributed by atoms with van der Waals surface area (Å²) in [6.07, 6.45) is -1.06. The molecule has 2 rings (SSSR count). The zero-order valence-electron chi connectivity index (χ0n) is 10.4. The topological polar surface area (TPSA) is 44.1 Å². The Kier molecular flexibility index (Phi) is 3.59. The molecule has 0 aliphatic heterocycles. The minimum atomic E-state index is -1.17. The second kappa shape index (κ2) is 5.17. The predicted octanol–water partition coefficient (Wildman–Crippen LogP) is 2.56. The monoisotopic (exact) mass is 266 g/mol. The zero-order chi connectivity index (χ0) is 14.0. The van der Waals surface area contributed by atoms with Crippen molar-refractivity contribution in [2.24, 2.45) is 0 Å². The number of carbonyl (C=O) groups excluding carboxylic acids is 1. The van der Waals surface area contributed by atoms with Crippen LogP contribution in [0.1, 0.15) is 29.0 Å². The van der Waals surface area contributed by atoms with Crippen molar-refractivity contribution in [2.45, 2.75) is 13.0 Å². The minimum absolute atomic E-state index is 0.517. The third-order valence-electron chi connectivity index (χ3n) is 2.87. The van der Waals surface area contributed by atoms with Crippen molar-refractivity contribution in [3.8, 4) is 0 Å². The molecule has 1 aromatic heterocycles. The fraction of sp³-hybridized carbons (Fsp3) is 0.231. The molecular weight excluding hydrogens is 254 g/mol. The maximum atomic E-state index is 13.7. The van der Waals surface area contributed by atoms with Crippen LogP contribution in [-0.4, -0.2) is 22.6 Å². The van der Waals surface area contributed by atoms with Gasteiger partial charge in [0.25, 0.3) is 6.08 Å². The summed E-state index contributed by atoms with van der Waals surface area (Å²) in [4.78, 5) is 14.6. The third-order valence-corrected chi connectivity index (χ3v) is 2.87. The van der Waals surface area contributed by atoms with Gasteiger partial charge in [0.2, 0.25) is 5.95 Å². The van der Waals surface area contributed by atoms with Gasteiger partial charge in [0.15, 0.2) is 5.69 Å². The van der Waals surface area contributed by atoms with Crippen LogP contribution in [0.4, 0.5) is 8.78 Å². The van der Waals surface area contributed by atoms with Gasteiger partial charge in [-0.05, 0) is 12.5 Å². The summed E-state index contributed by atoms with van der Waals surface area (Å²) >= 11 is 0. The first-order valence-corrected chi connectivity index (χ1v) is 5.62. The lowest BCUT2D eigenvalue weighted by Crippen LogP contribution is -2.17. The summed E-state index contributed by atoms with van der Waals surface area (Å²) < 4.78 is 32.6. The van der Waals surface area contributed by atoms with Gasteiger partial charge in [-0.25, -0.2) is 4.79 Å². The first-order valence-electron chi connectivity index (χ1n) is 5.62. The number of imidazole rings is 1. The third kappa shape index (κ3) is 2.33. The highest BCUT2D eigenvalue weighted by Crippen LogP contribution is 2.23. The molecule has 0 bridgehead atoms. The molecule has 0 radical (unpaired) electrons. The summed E-state index contributed by atoms with van der Waals surface area (Å²) in [6, 6.07) is 8.28. The lowest BCUT2D eigenvalue weighted by molar-refractivity contribution is 0.0579. The standard InChI is InChI=1S/C13H12F2N2O2/c1-8(9-6-4-3-5-7-9)17-10(12(18)19-2)11(14)16-13(17)15/h3-8H,1-2H3/t8-/m1/s1. The number of carbonyl (C=O) groups is 1. The van der Waals surface area contributed by atoms with Crippen LogP contribution in [0.2, 0.25) is 0 Å². The van der Waals surface area contributed by atoms with Gasteiger partial charge in [-0.15, -0.1) is 0 Å². The lowest BCUT2D eigenvalue weighted by atomic mass is 10.1. The Morgan fingerprint density at radius 2 is 1.95 bits per heavy atom. The molecule has 0 amide bonds. The van der Waals surface area contributed by atoms with Crippen molar-refractivity contribution in [1.82, 2.24) is 9.55 Å². The SMILES string of the molecule is COC(=O)c1c(F)nc(F)n1[C@H](C)c1ccccc1. The van der Waals surface area contributed by atoms with Crippen LogP contribution in [0.15, 0.2) is 30.3 Å². The van der Waals surface area contributed by atoms with Crippen molar-refractivity contribution in [1.29, 1.82) is 0 Å². The Bertz CT molecular complexity index is 596. The van der Waals surface area contributed by atoms with E-state index in [9.17, 15) is 13.6 Å². The molecule has 0 aliphatic carbocycles. The number of aromatic nitrogens is 2. The van der Waals surface area contributed by atoms with Gasteiger partial charge >= 0.3 is 5.97 Å². The highest BCUT2D eigenvalue weighted by Gasteiger charge is 2.27. The summed E-state index contributed by atoms with van der Waals surface area (Å²) in [5, 5.41) is 0. The summed E-state index contributed by atoms with van der Waals surface area (Å²) in [7, 11) is 1.10. The molecule has 2 aromatic rings. The number of nitrogens with zero attached hydrogens (tertiary/aromatic N) is 2. The van der Waals surface area contributed by atoms with Crippen LogP contribution in [0.5, 0.6) is 0 Å². The molecule has 0 aliphatic rings. The number of esters is 1. The first-order chi connectivity index (χ1) is 9.06. The van der Waals surface area contributed by atoms with Crippen LogP contribution in [0.3, 0.4) is 0 Å². The Labute approximate surface area is 108 Å². The Morgan fingerprint density at radius 3 is 2.53 bits per heavy atom. The number of hydrogen-bond donors (Lipinski definition) is 0. The predicted molar refractivity (Wildman–Crippen MR) is 63.7 cm³/mol. The van der Waals surface area contributed by atoms with Gasteiger partial charge in [-0.1, -0.05) is 30.3 Å². The van der Waals surface area contributed by atoms with Crippen molar-refractivity contribution >= 4 is 5.97 Å². The summed E-state index contributed by atoms with van der Waals surface area (Å²) in [5.74, 6) is -2.14. The lowest BCUT2D eigenvalue weighted by Gasteiger charge is -2.16. The van der Waals surface area contributed by atoms with Crippen molar-refractivity contribution in [3.63, 3.8) is 0 Å². The first kappa shape index (κ1) is 13.2. The number of methoxy groups -OCH3 is 1. The van der Waals surface area contributed by atoms with E-state index in [0.29, 0.717) is 0 Å². The van der Waals surface area contributed by atoms with Crippen LogP contribution < -0.4 is 0 Å². The van der Waals surface area contributed by atoms with Crippen LogP contribution in [0.25, 0.3) is 0 Å². The normalized spacial score (nSPS) is 12.2. The number of halogens is 2. The molecule has 19 heavy (non-hydrogen) atoms. The molecule has 1 aromatic carbocycles. The van der Waals surface area contributed by atoms with Gasteiger partial charge in [-0.3, -0.25) is 4.57 Å². The molecule has 0 fully saturated rings. The molecule has 0 spiro atoms. The molecule has 0 unspecified atom stereocenters. The smallest absolute Gasteiger partial charge is 0.359 e. The van der Waals surface area contributed by atoms with E-state index in [2.05, 4.69) is 9.72 Å². The number of benzene rings is 1. The molecule has 100 valence electrons. The molecule has 4 nitrogen and oxygen atoms in total. The number of rotatable bonds is 3. The van der Waals surface area contributed by atoms with Gasteiger partial charge in [0.1, 0.15) is 0 Å². The molecule has 6 heteroatoms. The van der Waals surface area contributed by atoms with Crippen LogP contribution in [0, 0.1) is 12.0 Å². The van der Waals surface area contributed by atoms with Gasteiger partial charge < -0.3 is 4.74 Å². The van der Waals surface area contributed by atoms with E-state index in [1.165, 1.54) is 0 Å². The highest BCUT2D eigenvalue weighted by atomic mass is 19.1. The second-order valence-corrected chi connectivity index (χ2v) is 3.97. The van der Waals surface area contributed by atoms with Crippen LogP contribution in [-0.2, 0) is 4.74 Å². The van der Waals surface area contributed by atoms with E-state index < -0.39 is 29.7 Å². The van der Waals surface area contributed by atoms with E-state index in [1.807, 2.05) is 6.07 Å². The fourth-order valence-electron chi connectivity index (χ4n) is 1.89. The fourth-order valence-corrected chi connectivity index (χ4v) is 1.89. The van der Waals surface area contributed by atoms with E-state index in [0.717, 1.165) is 17.2 Å². The number of hydrogen-bond acceptors (Lipinski definition) is 3. The van der Waals surface area contributed by atoms with Gasteiger partial charge in [0, 0.05) is 0 Å². The van der Waals surface area contributed by atoms with E-state index in [-0.39, 0.29) is 0 Å². The Balaban J connectivity index is 2.53. The van der Waals surface area contributed by atoms with Crippen molar-refractivity contribution < 1.29 is 18.3 Å². The van der Waals surface area contributed by atoms with E-state index in [4.69, 9.17) is 0 Å². The molecule has 0 saturated heterocycles. The molecular formula is C13H12F2N2O2. The minimum Gasteiger partial charge on any atom is -0.464 e. The largest absolute Gasteiger partial charge is 0.464 e. The maximum Gasteiger partial charge on any atom is 0.359 e. The Morgan fingerprint density at radius 1 is 1.32 bits per heavy atom. The average molecular weight is 266 g/mol. The summed E-state index contributed by atoms with van der Waals surface area (Å²) in [5.41, 5.74) is 0.209. The zero-order valence-corrected chi connectivity index (χ0v) is 10.4. The molecule has 1 heterocycles. The van der Waals surface area contributed by atoms with Crippen molar-refractivity contribution in [2.75, 3.05) is 7.11 Å². The molecule has 1 atom stereocenters. The van der Waals surface area contributed by atoms with Gasteiger partial charge in [-0.2, -0.15) is 13.8 Å².